The Kier molecular flexibility index (Phi) is 7.48. The van der Waals surface area contributed by atoms with Gasteiger partial charge in [0.05, 0.1) is 12.2 Å². The molecule has 0 amide bonds. The fourth-order valence-corrected chi connectivity index (χ4v) is 4.21. The van der Waals surface area contributed by atoms with Gasteiger partial charge in [-0.1, -0.05) is 12.1 Å². The first-order chi connectivity index (χ1) is 11.2. The zero-order chi connectivity index (χ0) is 16.2. The van der Waals surface area contributed by atoms with E-state index in [1.807, 2.05) is 7.11 Å². The number of hydrogen-bond donors (Lipinski definition) is 2. The van der Waals surface area contributed by atoms with Crippen molar-refractivity contribution in [1.29, 1.82) is 0 Å². The van der Waals surface area contributed by atoms with Crippen molar-refractivity contribution in [2.75, 3.05) is 7.11 Å². The molecule has 1 saturated carbocycles. The molecule has 2 aliphatic rings. The summed E-state index contributed by atoms with van der Waals surface area (Å²) >= 11 is 0. The van der Waals surface area contributed by atoms with E-state index < -0.39 is 6.10 Å². The Morgan fingerprint density at radius 1 is 1.21 bits per heavy atom. The number of methoxy groups -OCH3 is 1. The summed E-state index contributed by atoms with van der Waals surface area (Å²) in [5.41, 5.74) is 0.670. The fourth-order valence-electron chi connectivity index (χ4n) is 4.21. The summed E-state index contributed by atoms with van der Waals surface area (Å²) in [6, 6.07) is 6.83. The molecule has 0 radical (unpaired) electrons. The predicted molar refractivity (Wildman–Crippen MR) is 95.9 cm³/mol. The molecule has 0 unspecified atom stereocenters. The van der Waals surface area contributed by atoms with Crippen LogP contribution in [0.5, 0.6) is 0 Å². The van der Waals surface area contributed by atoms with Crippen LogP contribution in [0.3, 0.4) is 0 Å². The normalized spacial score (nSPS) is 31.5. The molecule has 3 atom stereocenters. The first-order valence-corrected chi connectivity index (χ1v) is 8.88. The van der Waals surface area contributed by atoms with Crippen molar-refractivity contribution in [3.05, 3.63) is 35.6 Å². The summed E-state index contributed by atoms with van der Waals surface area (Å²) in [6.07, 6.45) is 7.89. The van der Waals surface area contributed by atoms with Crippen LogP contribution in [0.4, 0.5) is 4.39 Å². The minimum Gasteiger partial charge on any atom is -0.387 e. The summed E-state index contributed by atoms with van der Waals surface area (Å²) in [5, 5.41) is 14.1. The van der Waals surface area contributed by atoms with E-state index >= 15 is 0 Å². The van der Waals surface area contributed by atoms with E-state index in [0.29, 0.717) is 17.7 Å². The van der Waals surface area contributed by atoms with E-state index in [1.165, 1.54) is 44.2 Å². The van der Waals surface area contributed by atoms with Gasteiger partial charge in [0.25, 0.3) is 0 Å². The van der Waals surface area contributed by atoms with E-state index in [0.717, 1.165) is 18.8 Å². The Morgan fingerprint density at radius 3 is 2.62 bits per heavy atom. The average Bonchev–Trinajstić information content (AvgIpc) is 3.03. The molecule has 0 bridgehead atoms. The van der Waals surface area contributed by atoms with Crippen molar-refractivity contribution < 1.29 is 14.2 Å². The molecule has 3 nitrogen and oxygen atoms in total. The van der Waals surface area contributed by atoms with Gasteiger partial charge in [0.15, 0.2) is 0 Å². The molecule has 1 heterocycles. The number of halogens is 2. The zero-order valence-corrected chi connectivity index (χ0v) is 15.1. The summed E-state index contributed by atoms with van der Waals surface area (Å²) in [5.74, 6) is 0.481. The monoisotopic (exact) mass is 357 g/mol. The lowest BCUT2D eigenvalue weighted by atomic mass is 9.83. The molecule has 1 saturated heterocycles. The number of aliphatic hydroxyl groups excluding tert-OH is 1. The van der Waals surface area contributed by atoms with Crippen LogP contribution < -0.4 is 5.32 Å². The quantitative estimate of drug-likeness (QED) is 0.837. The van der Waals surface area contributed by atoms with Gasteiger partial charge in [-0.25, -0.2) is 4.39 Å². The third-order valence-corrected chi connectivity index (χ3v) is 5.59. The van der Waals surface area contributed by atoms with Gasteiger partial charge in [-0.3, -0.25) is 0 Å². The summed E-state index contributed by atoms with van der Waals surface area (Å²) in [6.45, 7) is 0. The van der Waals surface area contributed by atoms with Gasteiger partial charge in [0.2, 0.25) is 0 Å². The largest absolute Gasteiger partial charge is 0.387 e. The topological polar surface area (TPSA) is 41.5 Å². The van der Waals surface area contributed by atoms with Gasteiger partial charge >= 0.3 is 0 Å². The van der Waals surface area contributed by atoms with Gasteiger partial charge in [-0.05, 0) is 68.6 Å². The molecule has 0 aromatic heterocycles. The van der Waals surface area contributed by atoms with Crippen molar-refractivity contribution in [2.45, 2.75) is 69.2 Å². The van der Waals surface area contributed by atoms with Crippen LogP contribution in [0.15, 0.2) is 24.3 Å². The number of ether oxygens (including phenoxy) is 1. The van der Waals surface area contributed by atoms with Gasteiger partial charge in [-0.2, -0.15) is 0 Å². The van der Waals surface area contributed by atoms with Crippen molar-refractivity contribution in [3.8, 4) is 0 Å². The Labute approximate surface area is 150 Å². The summed E-state index contributed by atoms with van der Waals surface area (Å²) in [7, 11) is 1.81. The third-order valence-electron chi connectivity index (χ3n) is 5.59. The second-order valence-corrected chi connectivity index (χ2v) is 7.16. The highest BCUT2D eigenvalue weighted by Gasteiger charge is 2.32. The molecule has 2 N–H and O–H groups in total. The van der Waals surface area contributed by atoms with Gasteiger partial charge in [-0.15, -0.1) is 12.4 Å². The first kappa shape index (κ1) is 19.6. The van der Waals surface area contributed by atoms with Crippen molar-refractivity contribution in [2.24, 2.45) is 5.92 Å². The molecular weight excluding hydrogens is 329 g/mol. The second-order valence-electron chi connectivity index (χ2n) is 7.16. The van der Waals surface area contributed by atoms with Gasteiger partial charge < -0.3 is 15.2 Å². The predicted octanol–water partition coefficient (Wildman–Crippen LogP) is 4.00. The van der Waals surface area contributed by atoms with Crippen LogP contribution in [-0.4, -0.2) is 30.4 Å². The maximum absolute atomic E-state index is 13.3. The Morgan fingerprint density at radius 2 is 1.96 bits per heavy atom. The molecule has 1 aromatic carbocycles. The number of benzene rings is 1. The second kappa shape index (κ2) is 9.14. The molecule has 1 aliphatic heterocycles. The third kappa shape index (κ3) is 4.92. The maximum Gasteiger partial charge on any atom is 0.123 e. The summed E-state index contributed by atoms with van der Waals surface area (Å²) in [4.78, 5) is 0. The number of aliphatic hydroxyl groups is 1. The number of rotatable bonds is 5. The van der Waals surface area contributed by atoms with Crippen molar-refractivity contribution in [3.63, 3.8) is 0 Å². The number of hydrogen-bond acceptors (Lipinski definition) is 3. The zero-order valence-electron chi connectivity index (χ0n) is 14.3. The van der Waals surface area contributed by atoms with Crippen molar-refractivity contribution in [1.82, 2.24) is 5.32 Å². The standard InChI is InChI=1S/C19H28FNO2.ClH/c1-23-17-8-5-13(6-9-17)11-16-7-10-18(21-16)19(22)14-3-2-4-15(20)12-14;/h2-4,12-13,16-19,21-22H,5-11H2,1H3;1H/t13?,16-,17?,18+,19+;/m0./s1. The molecule has 2 fully saturated rings. The molecule has 3 rings (SSSR count). The molecular formula is C19H29ClFNO2. The molecule has 0 spiro atoms. The highest BCUT2D eigenvalue weighted by atomic mass is 35.5. The minimum atomic E-state index is -0.625. The lowest BCUT2D eigenvalue weighted by Gasteiger charge is -2.29. The Bertz CT molecular complexity index is 508. The Balaban J connectivity index is 0.00000208. The average molecular weight is 358 g/mol. The van der Waals surface area contributed by atoms with Crippen LogP contribution in [0.25, 0.3) is 0 Å². The van der Waals surface area contributed by atoms with Gasteiger partial charge in [0, 0.05) is 19.2 Å². The van der Waals surface area contributed by atoms with Crippen LogP contribution in [0.2, 0.25) is 0 Å². The van der Waals surface area contributed by atoms with Crippen molar-refractivity contribution >= 4 is 12.4 Å². The van der Waals surface area contributed by atoms with Crippen LogP contribution in [-0.2, 0) is 4.74 Å². The van der Waals surface area contributed by atoms with Crippen LogP contribution in [0.1, 0.15) is 56.6 Å². The molecule has 5 heteroatoms. The maximum atomic E-state index is 13.3. The van der Waals surface area contributed by atoms with E-state index in [4.69, 9.17) is 4.74 Å². The molecule has 136 valence electrons. The van der Waals surface area contributed by atoms with E-state index in [-0.39, 0.29) is 24.3 Å². The fraction of sp³-hybridized carbons (Fsp3) is 0.684. The van der Waals surface area contributed by atoms with Crippen LogP contribution in [0, 0.1) is 11.7 Å². The Hall–Kier alpha value is -0.680. The van der Waals surface area contributed by atoms with Crippen LogP contribution >= 0.6 is 12.4 Å². The summed E-state index contributed by atoms with van der Waals surface area (Å²) < 4.78 is 18.8. The molecule has 1 aliphatic carbocycles. The lowest BCUT2D eigenvalue weighted by Crippen LogP contribution is -2.35. The van der Waals surface area contributed by atoms with E-state index in [2.05, 4.69) is 5.32 Å². The SMILES string of the molecule is COC1CCC(C[C@@H]2CC[C@H]([C@H](O)c3cccc(F)c3)N2)CC1.Cl. The highest BCUT2D eigenvalue weighted by Crippen LogP contribution is 2.33. The molecule has 24 heavy (non-hydrogen) atoms. The molecule has 1 aromatic rings. The van der Waals surface area contributed by atoms with E-state index in [9.17, 15) is 9.50 Å². The van der Waals surface area contributed by atoms with E-state index in [1.54, 1.807) is 12.1 Å². The smallest absolute Gasteiger partial charge is 0.123 e. The minimum absolute atomic E-state index is 0. The highest BCUT2D eigenvalue weighted by molar-refractivity contribution is 5.85. The number of nitrogens with one attached hydrogen (secondary N) is 1. The lowest BCUT2D eigenvalue weighted by molar-refractivity contribution is 0.0538. The van der Waals surface area contributed by atoms with Gasteiger partial charge in [0.1, 0.15) is 5.82 Å². The first-order valence-electron chi connectivity index (χ1n) is 8.88.